The normalized spacial score (nSPS) is 17.2. The molecule has 1 aromatic rings. The van der Waals surface area contributed by atoms with Crippen molar-refractivity contribution in [2.45, 2.75) is 26.3 Å². The Morgan fingerprint density at radius 2 is 2.25 bits per heavy atom. The highest BCUT2D eigenvalue weighted by molar-refractivity contribution is 5.79. The minimum absolute atomic E-state index is 0.693. The van der Waals surface area contributed by atoms with Crippen molar-refractivity contribution in [2.75, 3.05) is 33.4 Å². The maximum absolute atomic E-state index is 5.37. The minimum Gasteiger partial charge on any atom is -0.381 e. The summed E-state index contributed by atoms with van der Waals surface area (Å²) in [6, 6.07) is 0. The number of aliphatic imine (C=N–C) groups is 1. The molecule has 2 rings (SSSR count). The van der Waals surface area contributed by atoms with E-state index in [4.69, 9.17) is 4.74 Å². The van der Waals surface area contributed by atoms with Gasteiger partial charge < -0.3 is 19.9 Å². The van der Waals surface area contributed by atoms with E-state index < -0.39 is 0 Å². The molecule has 1 fully saturated rings. The van der Waals surface area contributed by atoms with Gasteiger partial charge in [0.2, 0.25) is 0 Å². The molecule has 0 saturated carbocycles. The SMILES string of the molecule is CN=C(NCCn1ccnc1C)NCC1CCOCC1. The second-order valence-corrected chi connectivity index (χ2v) is 5.10. The molecule has 0 radical (unpaired) electrons. The highest BCUT2D eigenvalue weighted by Gasteiger charge is 2.13. The Bertz CT molecular complexity index is 423. The van der Waals surface area contributed by atoms with Gasteiger partial charge in [-0.25, -0.2) is 4.98 Å². The first-order valence-corrected chi connectivity index (χ1v) is 7.29. The Balaban J connectivity index is 1.66. The third-order valence-electron chi connectivity index (χ3n) is 3.69. The Morgan fingerprint density at radius 3 is 2.90 bits per heavy atom. The van der Waals surface area contributed by atoms with Crippen LogP contribution in [0.2, 0.25) is 0 Å². The van der Waals surface area contributed by atoms with E-state index in [1.54, 1.807) is 0 Å². The lowest BCUT2D eigenvalue weighted by molar-refractivity contribution is 0.0675. The number of nitrogens with one attached hydrogen (secondary N) is 2. The molecule has 0 unspecified atom stereocenters. The number of imidazole rings is 1. The van der Waals surface area contributed by atoms with Crippen molar-refractivity contribution in [2.24, 2.45) is 10.9 Å². The van der Waals surface area contributed by atoms with Gasteiger partial charge >= 0.3 is 0 Å². The molecule has 20 heavy (non-hydrogen) atoms. The van der Waals surface area contributed by atoms with Gasteiger partial charge in [-0.2, -0.15) is 0 Å². The molecule has 0 spiro atoms. The number of hydrogen-bond donors (Lipinski definition) is 2. The zero-order valence-corrected chi connectivity index (χ0v) is 12.4. The lowest BCUT2D eigenvalue weighted by Crippen LogP contribution is -2.41. The van der Waals surface area contributed by atoms with Gasteiger partial charge in [0, 0.05) is 52.3 Å². The van der Waals surface area contributed by atoms with Crippen molar-refractivity contribution >= 4 is 5.96 Å². The van der Waals surface area contributed by atoms with E-state index in [1.807, 2.05) is 26.4 Å². The summed E-state index contributed by atoms with van der Waals surface area (Å²) in [6.45, 7) is 6.48. The van der Waals surface area contributed by atoms with Crippen LogP contribution in [0, 0.1) is 12.8 Å². The summed E-state index contributed by atoms with van der Waals surface area (Å²) in [6.07, 6.45) is 6.10. The topological polar surface area (TPSA) is 63.5 Å². The van der Waals surface area contributed by atoms with Crippen molar-refractivity contribution in [3.63, 3.8) is 0 Å². The first-order chi connectivity index (χ1) is 9.79. The number of aromatic nitrogens is 2. The molecule has 112 valence electrons. The molecule has 1 saturated heterocycles. The van der Waals surface area contributed by atoms with Crippen LogP contribution < -0.4 is 10.6 Å². The lowest BCUT2D eigenvalue weighted by atomic mass is 10.0. The van der Waals surface area contributed by atoms with E-state index in [9.17, 15) is 0 Å². The van der Waals surface area contributed by atoms with Crippen LogP contribution in [0.25, 0.3) is 0 Å². The highest BCUT2D eigenvalue weighted by atomic mass is 16.5. The minimum atomic E-state index is 0.693. The van der Waals surface area contributed by atoms with Crippen molar-refractivity contribution in [1.82, 2.24) is 20.2 Å². The second kappa shape index (κ2) is 7.89. The van der Waals surface area contributed by atoms with Gasteiger partial charge in [-0.3, -0.25) is 4.99 Å². The predicted octanol–water partition coefficient (Wildman–Crippen LogP) is 0.783. The second-order valence-electron chi connectivity index (χ2n) is 5.10. The maximum atomic E-state index is 5.37. The smallest absolute Gasteiger partial charge is 0.191 e. The molecule has 6 heteroatoms. The highest BCUT2D eigenvalue weighted by Crippen LogP contribution is 2.12. The lowest BCUT2D eigenvalue weighted by Gasteiger charge is -2.23. The van der Waals surface area contributed by atoms with Crippen LogP contribution in [0.15, 0.2) is 17.4 Å². The third-order valence-corrected chi connectivity index (χ3v) is 3.69. The summed E-state index contributed by atoms with van der Waals surface area (Å²) >= 11 is 0. The Kier molecular flexibility index (Phi) is 5.86. The van der Waals surface area contributed by atoms with Crippen LogP contribution >= 0.6 is 0 Å². The average molecular weight is 279 g/mol. The molecule has 0 atom stereocenters. The molecule has 1 aliphatic rings. The first kappa shape index (κ1) is 14.8. The average Bonchev–Trinajstić information content (AvgIpc) is 2.89. The Labute approximate surface area is 120 Å². The standard InChI is InChI=1S/C14H25N5O/c1-12-16-5-7-19(12)8-6-17-14(15-2)18-11-13-3-9-20-10-4-13/h5,7,13H,3-4,6,8-11H2,1-2H3,(H2,15,17,18). The molecule has 2 heterocycles. The zero-order valence-electron chi connectivity index (χ0n) is 12.4. The van der Waals surface area contributed by atoms with Gasteiger partial charge in [0.05, 0.1) is 0 Å². The first-order valence-electron chi connectivity index (χ1n) is 7.29. The molecular formula is C14H25N5O. The van der Waals surface area contributed by atoms with Crippen molar-refractivity contribution in [1.29, 1.82) is 0 Å². The fraction of sp³-hybridized carbons (Fsp3) is 0.714. The number of aryl methyl sites for hydroxylation is 1. The van der Waals surface area contributed by atoms with Crippen molar-refractivity contribution < 1.29 is 4.74 Å². The Hall–Kier alpha value is -1.56. The number of hydrogen-bond acceptors (Lipinski definition) is 3. The van der Waals surface area contributed by atoms with Crippen LogP contribution in [-0.2, 0) is 11.3 Å². The van der Waals surface area contributed by atoms with Gasteiger partial charge in [-0.1, -0.05) is 0 Å². The molecule has 0 amide bonds. The van der Waals surface area contributed by atoms with Gasteiger partial charge in [-0.15, -0.1) is 0 Å². The molecule has 2 N–H and O–H groups in total. The number of nitrogens with zero attached hydrogens (tertiary/aromatic N) is 3. The molecule has 6 nitrogen and oxygen atoms in total. The van der Waals surface area contributed by atoms with E-state index in [1.165, 1.54) is 0 Å². The summed E-state index contributed by atoms with van der Waals surface area (Å²) < 4.78 is 7.49. The monoisotopic (exact) mass is 279 g/mol. The van der Waals surface area contributed by atoms with E-state index in [2.05, 4.69) is 25.2 Å². The fourth-order valence-corrected chi connectivity index (χ4v) is 2.35. The molecule has 0 bridgehead atoms. The fourth-order valence-electron chi connectivity index (χ4n) is 2.35. The third kappa shape index (κ3) is 4.52. The van der Waals surface area contributed by atoms with Crippen LogP contribution in [0.1, 0.15) is 18.7 Å². The summed E-state index contributed by atoms with van der Waals surface area (Å²) in [4.78, 5) is 8.46. The molecule has 0 aliphatic carbocycles. The molecule has 1 aliphatic heterocycles. The van der Waals surface area contributed by atoms with E-state index >= 15 is 0 Å². The summed E-state index contributed by atoms with van der Waals surface area (Å²) in [5.74, 6) is 2.60. The predicted molar refractivity (Wildman–Crippen MR) is 79.9 cm³/mol. The summed E-state index contributed by atoms with van der Waals surface area (Å²) in [7, 11) is 1.81. The Morgan fingerprint density at radius 1 is 1.45 bits per heavy atom. The van der Waals surface area contributed by atoms with Crippen LogP contribution in [0.3, 0.4) is 0 Å². The molecule has 1 aromatic heterocycles. The molecule has 0 aromatic carbocycles. The van der Waals surface area contributed by atoms with Gasteiger partial charge in [0.1, 0.15) is 5.82 Å². The van der Waals surface area contributed by atoms with Crippen LogP contribution in [0.4, 0.5) is 0 Å². The van der Waals surface area contributed by atoms with Crippen LogP contribution in [-0.4, -0.2) is 48.9 Å². The van der Waals surface area contributed by atoms with E-state index in [0.717, 1.165) is 57.5 Å². The largest absolute Gasteiger partial charge is 0.381 e. The number of rotatable bonds is 5. The van der Waals surface area contributed by atoms with Crippen molar-refractivity contribution in [3.8, 4) is 0 Å². The van der Waals surface area contributed by atoms with E-state index in [0.29, 0.717) is 5.92 Å². The summed E-state index contributed by atoms with van der Waals surface area (Å²) in [5, 5.41) is 6.73. The zero-order chi connectivity index (χ0) is 14.2. The van der Waals surface area contributed by atoms with Crippen LogP contribution in [0.5, 0.6) is 0 Å². The van der Waals surface area contributed by atoms with Gasteiger partial charge in [0.15, 0.2) is 5.96 Å². The quantitative estimate of drug-likeness (QED) is 0.618. The van der Waals surface area contributed by atoms with Gasteiger partial charge in [-0.05, 0) is 25.7 Å². The van der Waals surface area contributed by atoms with Gasteiger partial charge in [0.25, 0.3) is 0 Å². The van der Waals surface area contributed by atoms with E-state index in [-0.39, 0.29) is 0 Å². The maximum Gasteiger partial charge on any atom is 0.191 e. The molecular weight excluding hydrogens is 254 g/mol. The van der Waals surface area contributed by atoms with Crippen molar-refractivity contribution in [3.05, 3.63) is 18.2 Å². The summed E-state index contributed by atoms with van der Waals surface area (Å²) in [5.41, 5.74) is 0. The number of guanidine groups is 1. The number of ether oxygens (including phenoxy) is 1.